The second-order valence-corrected chi connectivity index (χ2v) is 8.14. The summed E-state index contributed by atoms with van der Waals surface area (Å²) in [4.78, 5) is 33.5. The average molecular weight is 388 g/mol. The van der Waals surface area contributed by atoms with Crippen LogP contribution in [0, 0.1) is 5.92 Å². The van der Waals surface area contributed by atoms with Crippen molar-refractivity contribution in [2.75, 3.05) is 26.8 Å². The smallest absolute Gasteiger partial charge is 0.249 e. The van der Waals surface area contributed by atoms with Crippen molar-refractivity contribution in [3.05, 3.63) is 30.1 Å². The molecule has 1 aliphatic carbocycles. The lowest BCUT2D eigenvalue weighted by Crippen LogP contribution is -2.52. The Hall–Kier alpha value is -1.95. The van der Waals surface area contributed by atoms with Crippen molar-refractivity contribution in [1.82, 2.24) is 14.8 Å². The Morgan fingerprint density at radius 2 is 2.07 bits per heavy atom. The number of carbonyl (C=O) groups is 2. The number of aromatic nitrogens is 1. The van der Waals surface area contributed by atoms with E-state index in [-0.39, 0.29) is 24.5 Å². The molecule has 154 valence electrons. The summed E-state index contributed by atoms with van der Waals surface area (Å²) in [6, 6.07) is 3.90. The van der Waals surface area contributed by atoms with Crippen LogP contribution in [-0.2, 0) is 20.9 Å². The fraction of sp³-hybridized carbons (Fsp3) is 0.682. The number of likely N-dealkylation sites (tertiary alicyclic amines) is 1. The average Bonchev–Trinajstić information content (AvgIpc) is 3.25. The number of carbonyl (C=O) groups excluding carboxylic acids is 2. The second kappa shape index (κ2) is 10.6. The third-order valence-electron chi connectivity index (χ3n) is 6.10. The molecule has 2 heterocycles. The van der Waals surface area contributed by atoms with E-state index in [0.29, 0.717) is 19.5 Å². The topological polar surface area (TPSA) is 62.7 Å². The number of pyridine rings is 1. The number of hydrogen-bond donors (Lipinski definition) is 0. The molecule has 0 radical (unpaired) electrons. The number of amides is 2. The van der Waals surface area contributed by atoms with Crippen LogP contribution in [0.1, 0.15) is 56.9 Å². The number of methoxy groups -OCH3 is 1. The minimum atomic E-state index is -0.0309. The van der Waals surface area contributed by atoms with Gasteiger partial charge in [0.05, 0.1) is 0 Å². The van der Waals surface area contributed by atoms with Gasteiger partial charge in [-0.3, -0.25) is 14.6 Å². The Bertz CT molecular complexity index is 631. The Labute approximate surface area is 168 Å². The summed E-state index contributed by atoms with van der Waals surface area (Å²) >= 11 is 0. The van der Waals surface area contributed by atoms with Gasteiger partial charge in [0, 0.05) is 51.6 Å². The predicted molar refractivity (Wildman–Crippen MR) is 107 cm³/mol. The third kappa shape index (κ3) is 5.77. The first-order valence-electron chi connectivity index (χ1n) is 10.6. The molecule has 28 heavy (non-hydrogen) atoms. The summed E-state index contributed by atoms with van der Waals surface area (Å²) < 4.78 is 5.10. The molecule has 0 bridgehead atoms. The summed E-state index contributed by atoms with van der Waals surface area (Å²) in [5, 5.41) is 0. The van der Waals surface area contributed by atoms with Crippen molar-refractivity contribution in [3.63, 3.8) is 0 Å². The molecule has 6 heteroatoms. The van der Waals surface area contributed by atoms with E-state index in [4.69, 9.17) is 4.74 Å². The Kier molecular flexibility index (Phi) is 7.83. The maximum absolute atomic E-state index is 12.8. The van der Waals surface area contributed by atoms with Crippen LogP contribution >= 0.6 is 0 Å². The molecule has 1 unspecified atom stereocenters. The first-order chi connectivity index (χ1) is 13.7. The maximum atomic E-state index is 12.8. The Morgan fingerprint density at radius 1 is 1.25 bits per heavy atom. The summed E-state index contributed by atoms with van der Waals surface area (Å²) in [5.74, 6) is 0.948. The van der Waals surface area contributed by atoms with Gasteiger partial charge in [0.25, 0.3) is 0 Å². The van der Waals surface area contributed by atoms with E-state index in [9.17, 15) is 9.59 Å². The number of hydrogen-bond acceptors (Lipinski definition) is 4. The Balaban J connectivity index is 1.60. The van der Waals surface area contributed by atoms with Gasteiger partial charge in [0.2, 0.25) is 11.8 Å². The molecule has 2 fully saturated rings. The van der Waals surface area contributed by atoms with Gasteiger partial charge in [-0.1, -0.05) is 31.7 Å². The molecular weight excluding hydrogens is 354 g/mol. The van der Waals surface area contributed by atoms with Gasteiger partial charge < -0.3 is 14.5 Å². The lowest BCUT2D eigenvalue weighted by atomic mass is 9.99. The summed E-state index contributed by atoms with van der Waals surface area (Å²) in [5.41, 5.74) is 0.997. The fourth-order valence-corrected chi connectivity index (χ4v) is 4.54. The normalized spacial score (nSPS) is 20.3. The van der Waals surface area contributed by atoms with Gasteiger partial charge in [-0.25, -0.2) is 0 Å². The molecule has 2 aliphatic rings. The van der Waals surface area contributed by atoms with Crippen molar-refractivity contribution < 1.29 is 14.3 Å². The van der Waals surface area contributed by atoms with Crippen LogP contribution in [0.4, 0.5) is 0 Å². The number of piperidine rings is 1. The van der Waals surface area contributed by atoms with Gasteiger partial charge in [0.15, 0.2) is 0 Å². The quantitative estimate of drug-likeness (QED) is 0.688. The zero-order valence-corrected chi connectivity index (χ0v) is 17.0. The van der Waals surface area contributed by atoms with Crippen LogP contribution in [0.15, 0.2) is 24.5 Å². The second-order valence-electron chi connectivity index (χ2n) is 8.14. The third-order valence-corrected chi connectivity index (χ3v) is 6.10. The van der Waals surface area contributed by atoms with Crippen LogP contribution in [0.2, 0.25) is 0 Å². The maximum Gasteiger partial charge on any atom is 0.249 e. The summed E-state index contributed by atoms with van der Waals surface area (Å²) in [7, 11) is 1.54. The Morgan fingerprint density at radius 3 is 2.79 bits per heavy atom. The highest BCUT2D eigenvalue weighted by atomic mass is 16.5. The number of ether oxygens (including phenoxy) is 1. The van der Waals surface area contributed by atoms with Crippen LogP contribution < -0.4 is 0 Å². The molecule has 1 aromatic rings. The molecule has 1 saturated carbocycles. The zero-order chi connectivity index (χ0) is 19.8. The van der Waals surface area contributed by atoms with Crippen molar-refractivity contribution >= 4 is 11.8 Å². The molecule has 1 saturated heterocycles. The van der Waals surface area contributed by atoms with Gasteiger partial charge in [-0.15, -0.1) is 0 Å². The highest BCUT2D eigenvalue weighted by Crippen LogP contribution is 2.29. The molecule has 1 atom stereocenters. The minimum Gasteiger partial charge on any atom is -0.375 e. The molecule has 0 N–H and O–H groups in total. The van der Waals surface area contributed by atoms with E-state index in [1.165, 1.54) is 25.7 Å². The van der Waals surface area contributed by atoms with E-state index in [0.717, 1.165) is 37.3 Å². The van der Waals surface area contributed by atoms with Gasteiger partial charge in [-0.05, 0) is 36.8 Å². The lowest BCUT2D eigenvalue weighted by Gasteiger charge is -2.39. The van der Waals surface area contributed by atoms with Crippen LogP contribution in [0.3, 0.4) is 0 Å². The molecule has 2 amide bonds. The first-order valence-corrected chi connectivity index (χ1v) is 10.6. The molecule has 3 rings (SSSR count). The van der Waals surface area contributed by atoms with Crippen LogP contribution in [-0.4, -0.2) is 59.4 Å². The molecular formula is C22H33N3O3. The van der Waals surface area contributed by atoms with E-state index in [2.05, 4.69) is 4.98 Å². The van der Waals surface area contributed by atoms with Crippen molar-refractivity contribution in [3.8, 4) is 0 Å². The monoisotopic (exact) mass is 387 g/mol. The van der Waals surface area contributed by atoms with Crippen molar-refractivity contribution in [2.45, 2.75) is 64.0 Å². The summed E-state index contributed by atoms with van der Waals surface area (Å²) in [6.45, 7) is 2.00. The zero-order valence-electron chi connectivity index (χ0n) is 17.0. The lowest BCUT2D eigenvalue weighted by molar-refractivity contribution is -0.143. The van der Waals surface area contributed by atoms with E-state index in [1.807, 2.05) is 21.9 Å². The first kappa shape index (κ1) is 20.8. The SMILES string of the molecule is COCC(=O)N(Cc1cccnc1)C1CCCN(C(=O)CCC2CCCC2)C1. The molecule has 1 aromatic heterocycles. The van der Waals surface area contributed by atoms with Crippen LogP contribution in [0.5, 0.6) is 0 Å². The number of rotatable bonds is 8. The molecule has 6 nitrogen and oxygen atoms in total. The van der Waals surface area contributed by atoms with Crippen LogP contribution in [0.25, 0.3) is 0 Å². The van der Waals surface area contributed by atoms with E-state index in [1.54, 1.807) is 19.5 Å². The van der Waals surface area contributed by atoms with Gasteiger partial charge >= 0.3 is 0 Å². The largest absolute Gasteiger partial charge is 0.375 e. The standard InChI is InChI=1S/C22H33N3O3/c1-28-17-22(27)25(15-19-8-4-12-23-14-19)20-9-5-13-24(16-20)21(26)11-10-18-6-2-3-7-18/h4,8,12,14,18,20H,2-3,5-7,9-11,13,15-17H2,1H3. The fourth-order valence-electron chi connectivity index (χ4n) is 4.54. The predicted octanol–water partition coefficient (Wildman–Crippen LogP) is 3.02. The van der Waals surface area contributed by atoms with E-state index < -0.39 is 0 Å². The van der Waals surface area contributed by atoms with Crippen molar-refractivity contribution in [1.29, 1.82) is 0 Å². The summed E-state index contributed by atoms with van der Waals surface area (Å²) in [6.07, 6.45) is 12.2. The van der Waals surface area contributed by atoms with Gasteiger partial charge in [0.1, 0.15) is 6.61 Å². The van der Waals surface area contributed by atoms with E-state index >= 15 is 0 Å². The highest BCUT2D eigenvalue weighted by molar-refractivity contribution is 5.78. The van der Waals surface area contributed by atoms with Gasteiger partial charge in [-0.2, -0.15) is 0 Å². The molecule has 0 spiro atoms. The molecule has 1 aliphatic heterocycles. The molecule has 0 aromatic carbocycles. The highest BCUT2D eigenvalue weighted by Gasteiger charge is 2.31. The van der Waals surface area contributed by atoms with Crippen molar-refractivity contribution in [2.24, 2.45) is 5.92 Å². The number of nitrogens with zero attached hydrogens (tertiary/aromatic N) is 3. The minimum absolute atomic E-state index is 0.0309.